The van der Waals surface area contributed by atoms with Crippen molar-refractivity contribution in [2.45, 2.75) is 32.8 Å². The number of fused-ring (bicyclic) bond motifs is 4. The minimum absolute atomic E-state index is 0.252. The Labute approximate surface area is 196 Å². The van der Waals surface area contributed by atoms with Crippen molar-refractivity contribution in [2.24, 2.45) is 0 Å². The van der Waals surface area contributed by atoms with Crippen LogP contribution in [0.4, 0.5) is 10.5 Å². The summed E-state index contributed by atoms with van der Waals surface area (Å²) >= 11 is 0. The monoisotopic (exact) mass is 443 g/mol. The highest BCUT2D eigenvalue weighted by atomic mass is 16.6. The Balaban J connectivity index is 1.33. The van der Waals surface area contributed by atoms with Gasteiger partial charge in [-0.1, -0.05) is 48.6 Å². The van der Waals surface area contributed by atoms with E-state index in [2.05, 4.69) is 48.4 Å². The molecule has 172 valence electrons. The number of nitrogens with zero attached hydrogens (tertiary/aromatic N) is 3. The Hall–Kier alpha value is -3.05. The maximum atomic E-state index is 13.1. The number of amides is 1. The minimum atomic E-state index is -0.252. The molecule has 0 saturated carbocycles. The van der Waals surface area contributed by atoms with Gasteiger partial charge in [0.15, 0.2) is 0 Å². The third-order valence-corrected chi connectivity index (χ3v) is 7.13. The van der Waals surface area contributed by atoms with Gasteiger partial charge in [0.1, 0.15) is 6.61 Å². The molecule has 1 atom stereocenters. The molecule has 2 aromatic rings. The number of carbonyl (C=O) groups excluding carboxylic acids is 1. The van der Waals surface area contributed by atoms with Crippen LogP contribution in [0, 0.1) is 0 Å². The lowest BCUT2D eigenvalue weighted by atomic mass is 9.92. The number of carbonyl (C=O) groups is 1. The Morgan fingerprint density at radius 1 is 1.06 bits per heavy atom. The molecule has 1 aliphatic carbocycles. The molecule has 2 heterocycles. The third-order valence-electron chi connectivity index (χ3n) is 7.13. The van der Waals surface area contributed by atoms with E-state index >= 15 is 0 Å². The van der Waals surface area contributed by atoms with Crippen molar-refractivity contribution in [1.29, 1.82) is 0 Å². The smallest absolute Gasteiger partial charge is 0.414 e. The quantitative estimate of drug-likeness (QED) is 0.591. The highest BCUT2D eigenvalue weighted by Gasteiger charge is 2.39. The molecule has 2 aliphatic heterocycles. The summed E-state index contributed by atoms with van der Waals surface area (Å²) < 4.78 is 5.70. The zero-order valence-corrected chi connectivity index (χ0v) is 19.7. The lowest BCUT2D eigenvalue weighted by Gasteiger charge is -2.36. The summed E-state index contributed by atoms with van der Waals surface area (Å²) in [6.07, 6.45) is 0.695. The zero-order valence-electron chi connectivity index (χ0n) is 19.7. The summed E-state index contributed by atoms with van der Waals surface area (Å²) in [7, 11) is 0. The predicted octanol–water partition coefficient (Wildman–Crippen LogP) is 5.26. The Morgan fingerprint density at radius 2 is 1.82 bits per heavy atom. The predicted molar refractivity (Wildman–Crippen MR) is 133 cm³/mol. The molecule has 2 bridgehead atoms. The van der Waals surface area contributed by atoms with Crippen LogP contribution in [0.3, 0.4) is 0 Å². The highest BCUT2D eigenvalue weighted by molar-refractivity contribution is 5.89. The number of hydrogen-bond donors (Lipinski definition) is 0. The van der Waals surface area contributed by atoms with Crippen molar-refractivity contribution in [3.05, 3.63) is 82.9 Å². The van der Waals surface area contributed by atoms with Crippen molar-refractivity contribution in [2.75, 3.05) is 44.2 Å². The summed E-state index contributed by atoms with van der Waals surface area (Å²) in [5.74, 6) is 0.412. The molecule has 5 nitrogen and oxygen atoms in total. The van der Waals surface area contributed by atoms with Crippen molar-refractivity contribution < 1.29 is 9.53 Å². The summed E-state index contributed by atoms with van der Waals surface area (Å²) in [6, 6.07) is 16.7. The third kappa shape index (κ3) is 4.30. The molecule has 1 amide bonds. The largest absolute Gasteiger partial charge is 0.444 e. The Kier molecular flexibility index (Phi) is 5.98. The molecular formula is C28H33N3O2. The van der Waals surface area contributed by atoms with E-state index in [-0.39, 0.29) is 6.09 Å². The van der Waals surface area contributed by atoms with Gasteiger partial charge in [-0.2, -0.15) is 0 Å². The number of benzene rings is 2. The molecule has 3 aliphatic rings. The Morgan fingerprint density at radius 3 is 2.55 bits per heavy atom. The van der Waals surface area contributed by atoms with Gasteiger partial charge >= 0.3 is 6.09 Å². The van der Waals surface area contributed by atoms with Crippen molar-refractivity contribution in [3.8, 4) is 0 Å². The Bertz CT molecular complexity index is 1080. The number of hydrogen-bond acceptors (Lipinski definition) is 4. The normalized spacial score (nSPS) is 20.1. The van der Waals surface area contributed by atoms with Crippen molar-refractivity contribution in [3.63, 3.8) is 0 Å². The fraction of sp³-hybridized carbons (Fsp3) is 0.393. The highest BCUT2D eigenvalue weighted by Crippen LogP contribution is 2.49. The fourth-order valence-electron chi connectivity index (χ4n) is 5.49. The van der Waals surface area contributed by atoms with Gasteiger partial charge in [-0.25, -0.2) is 4.79 Å². The average Bonchev–Trinajstić information content (AvgIpc) is 2.98. The zero-order chi connectivity index (χ0) is 22.9. The van der Waals surface area contributed by atoms with Crippen LogP contribution in [-0.2, 0) is 11.3 Å². The van der Waals surface area contributed by atoms with Gasteiger partial charge in [0.25, 0.3) is 0 Å². The number of anilines is 1. The van der Waals surface area contributed by atoms with E-state index in [1.54, 1.807) is 0 Å². The first kappa shape index (κ1) is 21.8. The summed E-state index contributed by atoms with van der Waals surface area (Å²) in [5, 5.41) is 0. The maximum Gasteiger partial charge on any atom is 0.414 e. The van der Waals surface area contributed by atoms with E-state index in [4.69, 9.17) is 4.74 Å². The van der Waals surface area contributed by atoms with Gasteiger partial charge in [-0.05, 0) is 49.1 Å². The fourth-order valence-corrected chi connectivity index (χ4v) is 5.49. The molecule has 5 heteroatoms. The molecule has 1 fully saturated rings. The molecule has 0 aromatic heterocycles. The standard InChI is InChI=1S/C28H33N3O2/c1-20(2)18-29-13-15-30(16-14-29)23-9-10-25-24-11-12-31(27(21(24)3)26(25)17-23)28(32)33-19-22-7-5-4-6-8-22/h4-10,17,24H,1,11-16,18-19H2,2-3H3. The van der Waals surface area contributed by atoms with E-state index in [1.165, 1.54) is 28.0 Å². The second kappa shape index (κ2) is 9.06. The number of ether oxygens (including phenoxy) is 1. The van der Waals surface area contributed by atoms with Gasteiger partial charge in [0, 0.05) is 56.4 Å². The van der Waals surface area contributed by atoms with Crippen LogP contribution in [0.25, 0.3) is 5.70 Å². The van der Waals surface area contributed by atoms with Gasteiger partial charge in [-0.3, -0.25) is 9.80 Å². The number of allylic oxidation sites excluding steroid dienone is 1. The van der Waals surface area contributed by atoms with E-state index < -0.39 is 0 Å². The molecule has 33 heavy (non-hydrogen) atoms. The molecule has 1 unspecified atom stereocenters. The molecule has 0 radical (unpaired) electrons. The van der Waals surface area contributed by atoms with Crippen LogP contribution in [-0.4, -0.2) is 55.2 Å². The van der Waals surface area contributed by atoms with Gasteiger partial charge in [-0.15, -0.1) is 0 Å². The topological polar surface area (TPSA) is 36.0 Å². The van der Waals surface area contributed by atoms with E-state index in [1.807, 2.05) is 35.2 Å². The minimum Gasteiger partial charge on any atom is -0.444 e. The van der Waals surface area contributed by atoms with Crippen molar-refractivity contribution >= 4 is 17.5 Å². The van der Waals surface area contributed by atoms with Crippen LogP contribution < -0.4 is 4.90 Å². The summed E-state index contributed by atoms with van der Waals surface area (Å²) in [5.41, 5.74) is 8.37. The molecule has 5 rings (SSSR count). The van der Waals surface area contributed by atoms with E-state index in [9.17, 15) is 4.79 Å². The number of rotatable bonds is 5. The summed E-state index contributed by atoms with van der Waals surface area (Å²) in [4.78, 5) is 19.9. The van der Waals surface area contributed by atoms with Crippen molar-refractivity contribution in [1.82, 2.24) is 9.80 Å². The second-order valence-electron chi connectivity index (χ2n) is 9.56. The lowest BCUT2D eigenvalue weighted by Crippen LogP contribution is -2.46. The first-order valence-corrected chi connectivity index (χ1v) is 12.0. The van der Waals surface area contributed by atoms with Crippen LogP contribution in [0.1, 0.15) is 42.9 Å². The van der Waals surface area contributed by atoms with Crippen LogP contribution >= 0.6 is 0 Å². The molecule has 2 aromatic carbocycles. The van der Waals surface area contributed by atoms with Gasteiger partial charge < -0.3 is 9.64 Å². The van der Waals surface area contributed by atoms with Crippen LogP contribution in [0.5, 0.6) is 0 Å². The lowest BCUT2D eigenvalue weighted by molar-refractivity contribution is 0.112. The van der Waals surface area contributed by atoms with Crippen LogP contribution in [0.15, 0.2) is 66.3 Å². The maximum absolute atomic E-state index is 13.1. The molecule has 0 spiro atoms. The molecule has 1 saturated heterocycles. The first-order valence-electron chi connectivity index (χ1n) is 12.0. The molecular weight excluding hydrogens is 410 g/mol. The van der Waals surface area contributed by atoms with Gasteiger partial charge in [0.05, 0.1) is 5.70 Å². The average molecular weight is 444 g/mol. The van der Waals surface area contributed by atoms with E-state index in [0.717, 1.165) is 50.4 Å². The first-order chi connectivity index (χ1) is 16.0. The summed E-state index contributed by atoms with van der Waals surface area (Å²) in [6.45, 7) is 14.4. The SMILES string of the molecule is C=C(C)CN1CCN(c2ccc3c(c2)C2=C(C)C3CCN2C(=O)OCc2ccccc2)CC1. The van der Waals surface area contributed by atoms with E-state index in [0.29, 0.717) is 19.1 Å². The second-order valence-corrected chi connectivity index (χ2v) is 9.56. The van der Waals surface area contributed by atoms with Gasteiger partial charge in [0.2, 0.25) is 0 Å². The van der Waals surface area contributed by atoms with Crippen LogP contribution in [0.2, 0.25) is 0 Å². The molecule has 0 N–H and O–H groups in total. The number of piperazine rings is 1.